The maximum atomic E-state index is 12.5. The average Bonchev–Trinajstić information content (AvgIpc) is 3.35. The fourth-order valence-electron chi connectivity index (χ4n) is 4.14. The van der Waals surface area contributed by atoms with Crippen molar-refractivity contribution >= 4 is 22.8 Å². The summed E-state index contributed by atoms with van der Waals surface area (Å²) in [5.74, 6) is 0.885. The largest absolute Gasteiger partial charge is 0.490 e. The second-order valence-corrected chi connectivity index (χ2v) is 8.23. The summed E-state index contributed by atoms with van der Waals surface area (Å²) in [5, 5.41) is 14.8. The number of benzene rings is 3. The molecular formula is C28H28N2O3. The van der Waals surface area contributed by atoms with Gasteiger partial charge in [0.2, 0.25) is 0 Å². The van der Waals surface area contributed by atoms with Crippen LogP contribution >= 0.6 is 0 Å². The van der Waals surface area contributed by atoms with Gasteiger partial charge in [0.05, 0.1) is 6.61 Å². The van der Waals surface area contributed by atoms with Gasteiger partial charge in [-0.2, -0.15) is 5.26 Å². The highest BCUT2D eigenvalue weighted by atomic mass is 16.5. The standard InChI is InChI=1S/C28H28N2O3/c1-2-32-27-17-20(15-24(18-29)28(31)30-25-9-5-6-10-25)12-14-26(27)33-19-21-11-13-22-7-3-4-8-23(22)16-21/h3-4,7-8,11-17,25H,2,5-6,9-10,19H2,1H3,(H,30,31)/b24-15-. The quantitative estimate of drug-likeness (QED) is 0.356. The van der Waals surface area contributed by atoms with Crippen molar-refractivity contribution in [3.63, 3.8) is 0 Å². The van der Waals surface area contributed by atoms with Gasteiger partial charge in [-0.05, 0) is 65.9 Å². The zero-order valence-electron chi connectivity index (χ0n) is 18.8. The minimum Gasteiger partial charge on any atom is -0.490 e. The minimum atomic E-state index is -0.320. The molecule has 0 radical (unpaired) electrons. The highest BCUT2D eigenvalue weighted by Crippen LogP contribution is 2.30. The van der Waals surface area contributed by atoms with Gasteiger partial charge in [-0.15, -0.1) is 0 Å². The van der Waals surface area contributed by atoms with E-state index < -0.39 is 0 Å². The summed E-state index contributed by atoms with van der Waals surface area (Å²) in [6.45, 7) is 2.80. The third kappa shape index (κ3) is 5.72. The van der Waals surface area contributed by atoms with Crippen LogP contribution in [0.3, 0.4) is 0 Å². The molecule has 0 saturated heterocycles. The Kier molecular flexibility index (Phi) is 7.26. The third-order valence-electron chi connectivity index (χ3n) is 5.84. The van der Waals surface area contributed by atoms with Crippen LogP contribution in [0.1, 0.15) is 43.7 Å². The normalized spacial score (nSPS) is 14.1. The van der Waals surface area contributed by atoms with E-state index in [1.807, 2.05) is 37.3 Å². The fraction of sp³-hybridized carbons (Fsp3) is 0.286. The van der Waals surface area contributed by atoms with E-state index >= 15 is 0 Å². The predicted octanol–water partition coefficient (Wildman–Crippen LogP) is 5.78. The molecule has 1 fully saturated rings. The van der Waals surface area contributed by atoms with Crippen molar-refractivity contribution in [2.75, 3.05) is 6.61 Å². The lowest BCUT2D eigenvalue weighted by Gasteiger charge is -2.14. The number of nitriles is 1. The van der Waals surface area contributed by atoms with Gasteiger partial charge < -0.3 is 14.8 Å². The predicted molar refractivity (Wildman–Crippen MR) is 130 cm³/mol. The molecule has 1 aliphatic carbocycles. The lowest BCUT2D eigenvalue weighted by molar-refractivity contribution is -0.117. The average molecular weight is 441 g/mol. The molecular weight excluding hydrogens is 412 g/mol. The number of hydrogen-bond acceptors (Lipinski definition) is 4. The molecule has 1 saturated carbocycles. The maximum absolute atomic E-state index is 12.5. The number of amides is 1. The number of nitrogens with zero attached hydrogens (tertiary/aromatic N) is 1. The van der Waals surface area contributed by atoms with Crippen molar-refractivity contribution in [3.8, 4) is 17.6 Å². The molecule has 5 heteroatoms. The third-order valence-corrected chi connectivity index (χ3v) is 5.84. The number of rotatable bonds is 8. The Hall–Kier alpha value is -3.78. The number of nitrogens with one attached hydrogen (secondary N) is 1. The van der Waals surface area contributed by atoms with Crippen molar-refractivity contribution in [1.29, 1.82) is 5.26 Å². The highest BCUT2D eigenvalue weighted by Gasteiger charge is 2.19. The van der Waals surface area contributed by atoms with Gasteiger partial charge in [-0.1, -0.05) is 55.3 Å². The van der Waals surface area contributed by atoms with E-state index in [1.54, 1.807) is 12.1 Å². The monoisotopic (exact) mass is 440 g/mol. The molecule has 0 spiro atoms. The van der Waals surface area contributed by atoms with Crippen molar-refractivity contribution in [3.05, 3.63) is 77.4 Å². The minimum absolute atomic E-state index is 0.0918. The van der Waals surface area contributed by atoms with Crippen LogP contribution in [0, 0.1) is 11.3 Å². The van der Waals surface area contributed by atoms with Gasteiger partial charge in [0.15, 0.2) is 11.5 Å². The van der Waals surface area contributed by atoms with E-state index in [9.17, 15) is 10.1 Å². The van der Waals surface area contributed by atoms with Crippen LogP contribution < -0.4 is 14.8 Å². The molecule has 33 heavy (non-hydrogen) atoms. The summed E-state index contributed by atoms with van der Waals surface area (Å²) >= 11 is 0. The first kappa shape index (κ1) is 22.4. The van der Waals surface area contributed by atoms with E-state index in [-0.39, 0.29) is 17.5 Å². The molecule has 0 bridgehead atoms. The first-order valence-electron chi connectivity index (χ1n) is 11.5. The van der Waals surface area contributed by atoms with Crippen LogP contribution in [0.5, 0.6) is 11.5 Å². The Balaban J connectivity index is 1.49. The van der Waals surface area contributed by atoms with E-state index in [2.05, 4.69) is 35.6 Å². The summed E-state index contributed by atoms with van der Waals surface area (Å²) < 4.78 is 11.8. The zero-order valence-corrected chi connectivity index (χ0v) is 18.8. The smallest absolute Gasteiger partial charge is 0.262 e. The summed E-state index contributed by atoms with van der Waals surface area (Å²) in [4.78, 5) is 12.5. The lowest BCUT2D eigenvalue weighted by Crippen LogP contribution is -2.33. The molecule has 3 aromatic carbocycles. The van der Waals surface area contributed by atoms with Crippen LogP contribution in [0.2, 0.25) is 0 Å². The molecule has 0 atom stereocenters. The van der Waals surface area contributed by atoms with Crippen molar-refractivity contribution in [1.82, 2.24) is 5.32 Å². The van der Waals surface area contributed by atoms with E-state index in [0.717, 1.165) is 36.8 Å². The number of carbonyl (C=O) groups excluding carboxylic acids is 1. The summed E-state index contributed by atoms with van der Waals surface area (Å²) in [6.07, 6.45) is 5.79. The lowest BCUT2D eigenvalue weighted by atomic mass is 10.1. The molecule has 1 N–H and O–H groups in total. The highest BCUT2D eigenvalue weighted by molar-refractivity contribution is 6.01. The number of fused-ring (bicyclic) bond motifs is 1. The molecule has 4 rings (SSSR count). The van der Waals surface area contributed by atoms with Crippen molar-refractivity contribution < 1.29 is 14.3 Å². The van der Waals surface area contributed by atoms with Crippen LogP contribution in [-0.2, 0) is 11.4 Å². The maximum Gasteiger partial charge on any atom is 0.262 e. The molecule has 5 nitrogen and oxygen atoms in total. The molecule has 1 amide bonds. The number of ether oxygens (including phenoxy) is 2. The van der Waals surface area contributed by atoms with Gasteiger partial charge in [-0.3, -0.25) is 4.79 Å². The Morgan fingerprint density at radius 1 is 1.03 bits per heavy atom. The van der Waals surface area contributed by atoms with Gasteiger partial charge in [0, 0.05) is 6.04 Å². The van der Waals surface area contributed by atoms with Gasteiger partial charge >= 0.3 is 0 Å². The first-order valence-corrected chi connectivity index (χ1v) is 11.5. The molecule has 0 aliphatic heterocycles. The van der Waals surface area contributed by atoms with E-state index in [0.29, 0.717) is 24.7 Å². The summed E-state index contributed by atoms with van der Waals surface area (Å²) in [7, 11) is 0. The van der Waals surface area contributed by atoms with E-state index in [4.69, 9.17) is 9.47 Å². The number of carbonyl (C=O) groups is 1. The van der Waals surface area contributed by atoms with Crippen LogP contribution in [0.15, 0.2) is 66.2 Å². The van der Waals surface area contributed by atoms with Gasteiger partial charge in [0.1, 0.15) is 18.2 Å². The second-order valence-electron chi connectivity index (χ2n) is 8.23. The Labute approximate surface area is 194 Å². The van der Waals surface area contributed by atoms with Gasteiger partial charge in [-0.25, -0.2) is 0 Å². The van der Waals surface area contributed by atoms with Crippen LogP contribution in [0.4, 0.5) is 0 Å². The van der Waals surface area contributed by atoms with E-state index in [1.165, 1.54) is 10.8 Å². The molecule has 3 aromatic rings. The van der Waals surface area contributed by atoms with Gasteiger partial charge in [0.25, 0.3) is 5.91 Å². The molecule has 1 aliphatic rings. The topological polar surface area (TPSA) is 71.3 Å². The first-order chi connectivity index (χ1) is 16.2. The zero-order chi connectivity index (χ0) is 23.0. The Morgan fingerprint density at radius 3 is 2.58 bits per heavy atom. The number of hydrogen-bond donors (Lipinski definition) is 1. The van der Waals surface area contributed by atoms with Crippen molar-refractivity contribution in [2.24, 2.45) is 0 Å². The molecule has 0 heterocycles. The summed E-state index contributed by atoms with van der Waals surface area (Å²) in [5.41, 5.74) is 1.87. The molecule has 0 aromatic heterocycles. The SMILES string of the molecule is CCOc1cc(/C=C(/C#N)C(=O)NC2CCCC2)ccc1OCc1ccc2ccccc2c1. The van der Waals surface area contributed by atoms with Crippen molar-refractivity contribution in [2.45, 2.75) is 45.3 Å². The summed E-state index contributed by atoms with van der Waals surface area (Å²) in [6, 6.07) is 22.1. The fourth-order valence-corrected chi connectivity index (χ4v) is 4.14. The van der Waals surface area contributed by atoms with Crippen LogP contribution in [0.25, 0.3) is 16.8 Å². The molecule has 0 unspecified atom stereocenters. The Bertz CT molecular complexity index is 1200. The molecule has 168 valence electrons. The Morgan fingerprint density at radius 2 is 1.82 bits per heavy atom. The van der Waals surface area contributed by atoms with Crippen LogP contribution in [-0.4, -0.2) is 18.6 Å². The second kappa shape index (κ2) is 10.7.